The van der Waals surface area contributed by atoms with E-state index in [0.29, 0.717) is 6.61 Å². The van der Waals surface area contributed by atoms with Gasteiger partial charge < -0.3 is 15.0 Å². The quantitative estimate of drug-likeness (QED) is 0.772. The largest absolute Gasteiger partial charge is 0.486 e. The highest BCUT2D eigenvalue weighted by atomic mass is 16.5. The number of anilines is 1. The molecule has 2 N–H and O–H groups in total. The van der Waals surface area contributed by atoms with Crippen molar-refractivity contribution in [3.63, 3.8) is 0 Å². The Morgan fingerprint density at radius 1 is 1.19 bits per heavy atom. The van der Waals surface area contributed by atoms with Crippen LogP contribution in [0.25, 0.3) is 11.0 Å². The lowest BCUT2D eigenvalue weighted by Crippen LogP contribution is -2.05. The summed E-state index contributed by atoms with van der Waals surface area (Å²) >= 11 is 0. The molecule has 5 heteroatoms. The second kappa shape index (κ2) is 5.66. The number of amides is 1. The number of H-pyrrole nitrogens is 1. The molecular formula is C16H15N3O2. The van der Waals surface area contributed by atoms with Crippen LogP contribution in [0, 0.1) is 0 Å². The fraction of sp³-hybridized carbons (Fsp3) is 0.125. The first-order valence-corrected chi connectivity index (χ1v) is 6.65. The number of nitrogens with zero attached hydrogens (tertiary/aromatic N) is 1. The van der Waals surface area contributed by atoms with Crippen molar-refractivity contribution in [2.24, 2.45) is 0 Å². The van der Waals surface area contributed by atoms with Gasteiger partial charge in [-0.3, -0.25) is 4.79 Å². The number of nitrogens with one attached hydrogen (secondary N) is 2. The van der Waals surface area contributed by atoms with E-state index in [9.17, 15) is 4.79 Å². The van der Waals surface area contributed by atoms with Crippen molar-refractivity contribution >= 4 is 22.6 Å². The molecule has 1 aromatic heterocycles. The van der Waals surface area contributed by atoms with Crippen molar-refractivity contribution in [3.8, 4) is 5.75 Å². The molecule has 0 bridgehead atoms. The summed E-state index contributed by atoms with van der Waals surface area (Å²) in [6.07, 6.45) is 0. The minimum Gasteiger partial charge on any atom is -0.486 e. The molecule has 0 saturated carbocycles. The molecule has 0 aliphatic carbocycles. The average molecular weight is 281 g/mol. The number of imidazole rings is 1. The van der Waals surface area contributed by atoms with Gasteiger partial charge in [0.15, 0.2) is 0 Å². The summed E-state index contributed by atoms with van der Waals surface area (Å²) in [5.41, 5.74) is 2.67. The van der Waals surface area contributed by atoms with Gasteiger partial charge in [0.1, 0.15) is 18.2 Å². The fourth-order valence-electron chi connectivity index (χ4n) is 2.06. The Balaban J connectivity index is 1.65. The number of rotatable bonds is 4. The minimum absolute atomic E-state index is 0.0917. The number of aromatic nitrogens is 2. The topological polar surface area (TPSA) is 67.0 Å². The lowest BCUT2D eigenvalue weighted by atomic mass is 10.3. The van der Waals surface area contributed by atoms with Crippen molar-refractivity contribution in [1.82, 2.24) is 9.97 Å². The van der Waals surface area contributed by atoms with Gasteiger partial charge in [-0.05, 0) is 36.4 Å². The summed E-state index contributed by atoms with van der Waals surface area (Å²) in [6.45, 7) is 1.85. The standard InChI is InChI=1S/C16H15N3O2/c1-11(20)17-12-6-8-13(9-7-12)21-10-16-18-14-4-2-3-5-15(14)19-16/h2-9H,10H2,1H3,(H,17,20)(H,18,19). The van der Waals surface area contributed by atoms with Gasteiger partial charge in [-0.2, -0.15) is 0 Å². The number of aromatic amines is 1. The van der Waals surface area contributed by atoms with Gasteiger partial charge >= 0.3 is 0 Å². The van der Waals surface area contributed by atoms with Crippen LogP contribution in [0.15, 0.2) is 48.5 Å². The molecule has 0 aliphatic heterocycles. The zero-order valence-electron chi connectivity index (χ0n) is 11.6. The number of fused-ring (bicyclic) bond motifs is 1. The monoisotopic (exact) mass is 281 g/mol. The normalized spacial score (nSPS) is 10.5. The third-order valence-corrected chi connectivity index (χ3v) is 2.99. The molecule has 0 radical (unpaired) electrons. The van der Waals surface area contributed by atoms with Gasteiger partial charge in [0, 0.05) is 12.6 Å². The zero-order valence-corrected chi connectivity index (χ0v) is 11.6. The highest BCUT2D eigenvalue weighted by Crippen LogP contribution is 2.17. The molecule has 0 spiro atoms. The molecule has 0 saturated heterocycles. The Morgan fingerprint density at radius 3 is 2.67 bits per heavy atom. The first-order chi connectivity index (χ1) is 10.2. The molecule has 21 heavy (non-hydrogen) atoms. The number of hydrogen-bond donors (Lipinski definition) is 2. The predicted molar refractivity (Wildman–Crippen MR) is 81.2 cm³/mol. The first kappa shape index (κ1) is 13.2. The lowest BCUT2D eigenvalue weighted by molar-refractivity contribution is -0.114. The molecule has 2 aromatic carbocycles. The maximum atomic E-state index is 10.9. The summed E-state index contributed by atoms with van der Waals surface area (Å²) in [6, 6.07) is 15.1. The van der Waals surface area contributed by atoms with Crippen molar-refractivity contribution < 1.29 is 9.53 Å². The van der Waals surface area contributed by atoms with Gasteiger partial charge in [-0.1, -0.05) is 12.1 Å². The Bertz CT molecular complexity index is 730. The fourth-order valence-corrected chi connectivity index (χ4v) is 2.06. The molecule has 0 fully saturated rings. The first-order valence-electron chi connectivity index (χ1n) is 6.65. The maximum Gasteiger partial charge on any atom is 0.221 e. The molecule has 1 heterocycles. The summed E-state index contributed by atoms with van der Waals surface area (Å²) in [4.78, 5) is 18.6. The van der Waals surface area contributed by atoms with Gasteiger partial charge in [0.2, 0.25) is 5.91 Å². The zero-order chi connectivity index (χ0) is 14.7. The summed E-state index contributed by atoms with van der Waals surface area (Å²) < 4.78 is 5.68. The van der Waals surface area contributed by atoms with Crippen LogP contribution in [0.4, 0.5) is 5.69 Å². The SMILES string of the molecule is CC(=O)Nc1ccc(OCc2nc3ccccc3[nH]2)cc1. The highest BCUT2D eigenvalue weighted by Gasteiger charge is 2.03. The smallest absolute Gasteiger partial charge is 0.221 e. The van der Waals surface area contributed by atoms with Crippen LogP contribution in [0.5, 0.6) is 5.75 Å². The van der Waals surface area contributed by atoms with E-state index in [1.165, 1.54) is 6.92 Å². The Kier molecular flexibility index (Phi) is 3.55. The summed E-state index contributed by atoms with van der Waals surface area (Å²) in [7, 11) is 0. The van der Waals surface area contributed by atoms with Crippen molar-refractivity contribution in [1.29, 1.82) is 0 Å². The van der Waals surface area contributed by atoms with Crippen LogP contribution in [-0.2, 0) is 11.4 Å². The molecular weight excluding hydrogens is 266 g/mol. The van der Waals surface area contributed by atoms with Crippen molar-refractivity contribution in [3.05, 3.63) is 54.4 Å². The number of ether oxygens (including phenoxy) is 1. The van der Waals surface area contributed by atoms with E-state index >= 15 is 0 Å². The summed E-state index contributed by atoms with van der Waals surface area (Å²) in [5.74, 6) is 1.41. The highest BCUT2D eigenvalue weighted by molar-refractivity contribution is 5.88. The molecule has 1 amide bonds. The van der Waals surface area contributed by atoms with Crippen LogP contribution in [0.3, 0.4) is 0 Å². The van der Waals surface area contributed by atoms with Gasteiger partial charge in [0.05, 0.1) is 11.0 Å². The molecule has 3 aromatic rings. The Morgan fingerprint density at radius 2 is 1.95 bits per heavy atom. The van der Waals surface area contributed by atoms with E-state index in [-0.39, 0.29) is 5.91 Å². The van der Waals surface area contributed by atoms with E-state index in [0.717, 1.165) is 28.3 Å². The van der Waals surface area contributed by atoms with E-state index in [4.69, 9.17) is 4.74 Å². The molecule has 3 rings (SSSR count). The Labute approximate surface area is 122 Å². The van der Waals surface area contributed by atoms with Gasteiger partial charge in [-0.15, -0.1) is 0 Å². The molecule has 0 aliphatic rings. The van der Waals surface area contributed by atoms with Crippen LogP contribution in [0.2, 0.25) is 0 Å². The Hall–Kier alpha value is -2.82. The van der Waals surface area contributed by atoms with Gasteiger partial charge in [-0.25, -0.2) is 4.98 Å². The third kappa shape index (κ3) is 3.20. The second-order valence-corrected chi connectivity index (χ2v) is 4.69. The summed E-state index contributed by atoms with van der Waals surface area (Å²) in [5, 5.41) is 2.71. The molecule has 5 nitrogen and oxygen atoms in total. The number of carbonyl (C=O) groups is 1. The average Bonchev–Trinajstić information content (AvgIpc) is 2.89. The lowest BCUT2D eigenvalue weighted by Gasteiger charge is -2.06. The number of hydrogen-bond acceptors (Lipinski definition) is 3. The van der Waals surface area contributed by atoms with Crippen LogP contribution >= 0.6 is 0 Å². The van der Waals surface area contributed by atoms with Crippen LogP contribution < -0.4 is 10.1 Å². The van der Waals surface area contributed by atoms with Crippen LogP contribution in [-0.4, -0.2) is 15.9 Å². The van der Waals surface area contributed by atoms with E-state index in [1.54, 1.807) is 12.1 Å². The third-order valence-electron chi connectivity index (χ3n) is 2.99. The van der Waals surface area contributed by atoms with E-state index < -0.39 is 0 Å². The molecule has 0 unspecified atom stereocenters. The predicted octanol–water partition coefficient (Wildman–Crippen LogP) is 3.10. The molecule has 106 valence electrons. The van der Waals surface area contributed by atoms with E-state index in [1.807, 2.05) is 36.4 Å². The second-order valence-electron chi connectivity index (χ2n) is 4.69. The van der Waals surface area contributed by atoms with Crippen molar-refractivity contribution in [2.75, 3.05) is 5.32 Å². The van der Waals surface area contributed by atoms with Gasteiger partial charge in [0.25, 0.3) is 0 Å². The maximum absolute atomic E-state index is 10.9. The number of carbonyl (C=O) groups excluding carboxylic acids is 1. The van der Waals surface area contributed by atoms with Crippen LogP contribution in [0.1, 0.15) is 12.7 Å². The number of para-hydroxylation sites is 2. The van der Waals surface area contributed by atoms with E-state index in [2.05, 4.69) is 15.3 Å². The number of benzene rings is 2. The van der Waals surface area contributed by atoms with Crippen molar-refractivity contribution in [2.45, 2.75) is 13.5 Å². The minimum atomic E-state index is -0.0917. The molecule has 0 atom stereocenters.